The van der Waals surface area contributed by atoms with Crippen molar-refractivity contribution in [2.75, 3.05) is 0 Å². The predicted molar refractivity (Wildman–Crippen MR) is 43.7 cm³/mol. The highest BCUT2D eigenvalue weighted by molar-refractivity contribution is 7.09. The van der Waals surface area contributed by atoms with Crippen molar-refractivity contribution in [1.29, 1.82) is 0 Å². The monoisotopic (exact) mass is 167 g/mol. The van der Waals surface area contributed by atoms with Crippen molar-refractivity contribution >= 4 is 17.1 Å². The highest BCUT2D eigenvalue weighted by Crippen LogP contribution is 2.49. The maximum Gasteiger partial charge on any atom is 0.142 e. The van der Waals surface area contributed by atoms with Crippen molar-refractivity contribution in [3.8, 4) is 0 Å². The smallest absolute Gasteiger partial charge is 0.142 e. The summed E-state index contributed by atoms with van der Waals surface area (Å²) in [5.74, 6) is 0.271. The van der Waals surface area contributed by atoms with Crippen LogP contribution in [0.4, 0.5) is 0 Å². The lowest BCUT2D eigenvalue weighted by Gasteiger charge is -2.04. The average molecular weight is 167 g/mol. The summed E-state index contributed by atoms with van der Waals surface area (Å²) in [5, 5.41) is 2.93. The molecule has 0 bridgehead atoms. The number of hydrogen-bond acceptors (Lipinski definition) is 3. The van der Waals surface area contributed by atoms with Crippen LogP contribution < -0.4 is 0 Å². The number of carbonyl (C=O) groups is 1. The lowest BCUT2D eigenvalue weighted by molar-refractivity contribution is -0.119. The Balaban J connectivity index is 2.36. The first-order valence-electron chi connectivity index (χ1n) is 3.67. The normalized spacial score (nSPS) is 19.7. The van der Waals surface area contributed by atoms with Gasteiger partial charge in [0.15, 0.2) is 0 Å². The summed E-state index contributed by atoms with van der Waals surface area (Å²) in [6.07, 6.45) is 3.76. The van der Waals surface area contributed by atoms with Gasteiger partial charge in [-0.1, -0.05) is 0 Å². The van der Waals surface area contributed by atoms with E-state index >= 15 is 0 Å². The van der Waals surface area contributed by atoms with Gasteiger partial charge >= 0.3 is 0 Å². The summed E-state index contributed by atoms with van der Waals surface area (Å²) in [5.41, 5.74) is -0.159. The summed E-state index contributed by atoms with van der Waals surface area (Å²) in [4.78, 5) is 15.4. The topological polar surface area (TPSA) is 30.0 Å². The minimum absolute atomic E-state index is 0.159. The first-order chi connectivity index (χ1) is 5.26. The number of ketones is 1. The molecule has 2 rings (SSSR count). The molecule has 1 fully saturated rings. The van der Waals surface area contributed by atoms with Gasteiger partial charge in [-0.3, -0.25) is 4.79 Å². The van der Waals surface area contributed by atoms with Crippen molar-refractivity contribution < 1.29 is 4.79 Å². The van der Waals surface area contributed by atoms with Crippen LogP contribution in [0.2, 0.25) is 0 Å². The highest BCUT2D eigenvalue weighted by atomic mass is 32.1. The van der Waals surface area contributed by atoms with E-state index in [1.807, 2.05) is 5.38 Å². The molecule has 11 heavy (non-hydrogen) atoms. The molecule has 1 saturated carbocycles. The van der Waals surface area contributed by atoms with Gasteiger partial charge in [-0.2, -0.15) is 0 Å². The second-order valence-electron chi connectivity index (χ2n) is 2.98. The lowest BCUT2D eigenvalue weighted by atomic mass is 10.0. The molecule has 1 aliphatic rings. The molecular weight excluding hydrogens is 158 g/mol. The van der Waals surface area contributed by atoms with Crippen molar-refractivity contribution in [3.05, 3.63) is 16.6 Å². The number of aromatic nitrogens is 1. The fraction of sp³-hybridized carbons (Fsp3) is 0.500. The van der Waals surface area contributed by atoms with E-state index in [1.54, 1.807) is 24.5 Å². The molecule has 1 aromatic heterocycles. The number of carbonyl (C=O) groups excluding carboxylic acids is 1. The van der Waals surface area contributed by atoms with Gasteiger partial charge in [-0.05, 0) is 19.8 Å². The third-order valence-corrected chi connectivity index (χ3v) is 3.24. The van der Waals surface area contributed by atoms with Gasteiger partial charge in [0.1, 0.15) is 10.8 Å². The van der Waals surface area contributed by atoms with Crippen LogP contribution in [0, 0.1) is 0 Å². The first-order valence-corrected chi connectivity index (χ1v) is 4.55. The standard InChI is InChI=1S/C8H9NOS/c1-6(10)8(2-3-8)7-9-4-5-11-7/h4-5H,2-3H2,1H3. The molecule has 3 heteroatoms. The molecule has 1 aliphatic carbocycles. The zero-order chi connectivity index (χ0) is 7.90. The molecule has 0 saturated heterocycles. The predicted octanol–water partition coefficient (Wildman–Crippen LogP) is 1.76. The zero-order valence-corrected chi connectivity index (χ0v) is 7.15. The van der Waals surface area contributed by atoms with E-state index in [1.165, 1.54) is 0 Å². The van der Waals surface area contributed by atoms with Crippen molar-refractivity contribution in [2.24, 2.45) is 0 Å². The van der Waals surface area contributed by atoms with Crippen LogP contribution in [0.3, 0.4) is 0 Å². The fourth-order valence-electron chi connectivity index (χ4n) is 1.30. The van der Waals surface area contributed by atoms with Gasteiger partial charge in [0, 0.05) is 11.6 Å². The Morgan fingerprint density at radius 3 is 2.82 bits per heavy atom. The van der Waals surface area contributed by atoms with E-state index < -0.39 is 0 Å². The van der Waals surface area contributed by atoms with Gasteiger partial charge in [0.25, 0.3) is 0 Å². The van der Waals surface area contributed by atoms with Crippen LogP contribution in [-0.2, 0) is 10.2 Å². The lowest BCUT2D eigenvalue weighted by Crippen LogP contribution is -2.16. The number of rotatable bonds is 2. The Kier molecular flexibility index (Phi) is 1.36. The molecule has 0 N–H and O–H groups in total. The molecule has 1 heterocycles. The Hall–Kier alpha value is -0.700. The maximum atomic E-state index is 11.2. The molecule has 0 unspecified atom stereocenters. The molecule has 0 radical (unpaired) electrons. The summed E-state index contributed by atoms with van der Waals surface area (Å²) in [7, 11) is 0. The Bertz CT molecular complexity index is 274. The van der Waals surface area contributed by atoms with E-state index in [-0.39, 0.29) is 11.2 Å². The third-order valence-electron chi connectivity index (χ3n) is 2.27. The Morgan fingerprint density at radius 2 is 2.45 bits per heavy atom. The molecule has 0 amide bonds. The molecule has 0 spiro atoms. The van der Waals surface area contributed by atoms with Crippen LogP contribution in [0.25, 0.3) is 0 Å². The largest absolute Gasteiger partial charge is 0.299 e. The van der Waals surface area contributed by atoms with Crippen LogP contribution in [0.1, 0.15) is 24.8 Å². The first kappa shape index (κ1) is 6.98. The third kappa shape index (κ3) is 0.913. The van der Waals surface area contributed by atoms with E-state index in [2.05, 4.69) is 4.98 Å². The van der Waals surface area contributed by atoms with Gasteiger partial charge < -0.3 is 0 Å². The second-order valence-corrected chi connectivity index (χ2v) is 3.87. The van der Waals surface area contributed by atoms with Crippen LogP contribution in [-0.4, -0.2) is 10.8 Å². The maximum absolute atomic E-state index is 11.2. The molecule has 1 aromatic rings. The molecular formula is C8H9NOS. The molecule has 0 atom stereocenters. The second kappa shape index (κ2) is 2.14. The van der Waals surface area contributed by atoms with Gasteiger partial charge in [-0.25, -0.2) is 4.98 Å². The highest BCUT2D eigenvalue weighted by Gasteiger charge is 2.50. The van der Waals surface area contributed by atoms with Crippen molar-refractivity contribution in [3.63, 3.8) is 0 Å². The van der Waals surface area contributed by atoms with Gasteiger partial charge in [0.05, 0.1) is 5.41 Å². The molecule has 58 valence electrons. The van der Waals surface area contributed by atoms with Crippen molar-refractivity contribution in [2.45, 2.75) is 25.2 Å². The SMILES string of the molecule is CC(=O)C1(c2nccs2)CC1. The summed E-state index contributed by atoms with van der Waals surface area (Å²) < 4.78 is 0. The summed E-state index contributed by atoms with van der Waals surface area (Å²) >= 11 is 1.59. The summed E-state index contributed by atoms with van der Waals surface area (Å²) in [6, 6.07) is 0. The van der Waals surface area contributed by atoms with Gasteiger partial charge in [-0.15, -0.1) is 11.3 Å². The Labute approximate surface area is 69.3 Å². The van der Waals surface area contributed by atoms with E-state index in [0.29, 0.717) is 0 Å². The number of thiazole rings is 1. The van der Waals surface area contributed by atoms with Crippen molar-refractivity contribution in [1.82, 2.24) is 4.98 Å². The number of nitrogens with zero attached hydrogens (tertiary/aromatic N) is 1. The Morgan fingerprint density at radius 1 is 1.73 bits per heavy atom. The van der Waals surface area contributed by atoms with Gasteiger partial charge in [0.2, 0.25) is 0 Å². The molecule has 2 nitrogen and oxygen atoms in total. The quantitative estimate of drug-likeness (QED) is 0.671. The van der Waals surface area contributed by atoms with Crippen LogP contribution in [0.5, 0.6) is 0 Å². The average Bonchev–Trinajstić information content (AvgIpc) is 2.61. The fourth-order valence-corrected chi connectivity index (χ4v) is 2.25. The van der Waals surface area contributed by atoms with E-state index in [9.17, 15) is 4.79 Å². The summed E-state index contributed by atoms with van der Waals surface area (Å²) in [6.45, 7) is 1.66. The number of Topliss-reactive ketones (excluding diaryl/α,β-unsaturated/α-hetero) is 1. The number of hydrogen-bond donors (Lipinski definition) is 0. The van der Waals surface area contributed by atoms with E-state index in [0.717, 1.165) is 17.8 Å². The molecule has 0 aromatic carbocycles. The minimum atomic E-state index is -0.159. The van der Waals surface area contributed by atoms with E-state index in [4.69, 9.17) is 0 Å². The minimum Gasteiger partial charge on any atom is -0.299 e. The molecule has 0 aliphatic heterocycles. The van der Waals surface area contributed by atoms with Crippen LogP contribution in [0.15, 0.2) is 11.6 Å². The van der Waals surface area contributed by atoms with Crippen LogP contribution >= 0.6 is 11.3 Å². The zero-order valence-electron chi connectivity index (χ0n) is 6.33.